The molecule has 0 spiro atoms. The second kappa shape index (κ2) is 7.75. The third kappa shape index (κ3) is 4.16. The number of imide groups is 1. The molecule has 0 aromatic heterocycles. The van der Waals surface area contributed by atoms with E-state index >= 15 is 0 Å². The number of halogens is 2. The van der Waals surface area contributed by atoms with E-state index in [0.29, 0.717) is 12.8 Å². The van der Waals surface area contributed by atoms with Crippen LogP contribution in [0.15, 0.2) is 48.5 Å². The summed E-state index contributed by atoms with van der Waals surface area (Å²) >= 11 is 0. The number of rotatable bonds is 6. The Morgan fingerprint density at radius 2 is 1.82 bits per heavy atom. The minimum atomic E-state index is -1.12. The maximum atomic E-state index is 13.2. The topological polar surface area (TPSA) is 78.5 Å². The van der Waals surface area contributed by atoms with Crippen LogP contribution in [0.1, 0.15) is 18.9 Å². The minimum Gasteiger partial charge on any atom is -0.324 e. The highest BCUT2D eigenvalue weighted by Crippen LogP contribution is 2.23. The van der Waals surface area contributed by atoms with Crippen molar-refractivity contribution in [2.45, 2.75) is 25.3 Å². The molecule has 2 N–H and O–H groups in total. The Bertz CT molecular complexity index is 920. The highest BCUT2D eigenvalue weighted by molar-refractivity contribution is 6.09. The lowest BCUT2D eigenvalue weighted by atomic mass is 9.93. The number of anilines is 1. The van der Waals surface area contributed by atoms with E-state index in [1.54, 1.807) is 6.92 Å². The van der Waals surface area contributed by atoms with Gasteiger partial charge in [0.05, 0.1) is 0 Å². The van der Waals surface area contributed by atoms with Crippen molar-refractivity contribution in [3.63, 3.8) is 0 Å². The summed E-state index contributed by atoms with van der Waals surface area (Å²) in [6.45, 7) is 1.09. The number of nitrogens with zero attached hydrogens (tertiary/aromatic N) is 1. The summed E-state index contributed by atoms with van der Waals surface area (Å²) in [6, 6.07) is 11.7. The molecule has 28 heavy (non-hydrogen) atoms. The van der Waals surface area contributed by atoms with Gasteiger partial charge < -0.3 is 10.6 Å². The van der Waals surface area contributed by atoms with Crippen LogP contribution in [0.25, 0.3) is 0 Å². The molecule has 3 rings (SSSR count). The Hall–Kier alpha value is -3.29. The van der Waals surface area contributed by atoms with Gasteiger partial charge in [-0.1, -0.05) is 30.3 Å². The molecule has 1 heterocycles. The highest BCUT2D eigenvalue weighted by Gasteiger charge is 2.47. The van der Waals surface area contributed by atoms with Crippen molar-refractivity contribution in [3.8, 4) is 0 Å². The van der Waals surface area contributed by atoms with Crippen molar-refractivity contribution >= 4 is 23.5 Å². The third-order valence-electron chi connectivity index (χ3n) is 4.61. The predicted molar refractivity (Wildman–Crippen MR) is 98.4 cm³/mol. The van der Waals surface area contributed by atoms with Crippen LogP contribution in [-0.2, 0) is 16.0 Å². The van der Waals surface area contributed by atoms with Gasteiger partial charge in [-0.05, 0) is 37.5 Å². The number of carbonyl (C=O) groups excluding carboxylic acids is 3. The summed E-state index contributed by atoms with van der Waals surface area (Å²) in [4.78, 5) is 37.9. The average Bonchev–Trinajstić information content (AvgIpc) is 2.87. The smallest absolute Gasteiger partial charge is 0.324 e. The first-order valence-electron chi connectivity index (χ1n) is 8.71. The summed E-state index contributed by atoms with van der Waals surface area (Å²) in [5.41, 5.74) is -0.0575. The monoisotopic (exact) mass is 387 g/mol. The van der Waals surface area contributed by atoms with Crippen LogP contribution in [0.4, 0.5) is 19.3 Å². The van der Waals surface area contributed by atoms with E-state index in [-0.39, 0.29) is 5.69 Å². The highest BCUT2D eigenvalue weighted by atomic mass is 19.2. The van der Waals surface area contributed by atoms with Crippen molar-refractivity contribution in [2.75, 3.05) is 11.9 Å². The molecule has 1 fully saturated rings. The fourth-order valence-electron chi connectivity index (χ4n) is 3.02. The van der Waals surface area contributed by atoms with Gasteiger partial charge in [0, 0.05) is 11.8 Å². The van der Waals surface area contributed by atoms with Gasteiger partial charge in [0.15, 0.2) is 11.6 Å². The van der Waals surface area contributed by atoms with Gasteiger partial charge in [0.25, 0.3) is 5.91 Å². The molecule has 4 amide bonds. The molecule has 0 radical (unpaired) electrons. The quantitative estimate of drug-likeness (QED) is 0.748. The Labute approximate surface area is 160 Å². The molecule has 0 saturated carbocycles. The number of amides is 4. The van der Waals surface area contributed by atoms with Crippen molar-refractivity contribution in [1.82, 2.24) is 10.2 Å². The standard InChI is InChI=1S/C20H19F2N3O3/c1-20(10-9-13-5-3-2-4-6-13)18(27)25(19(28)24-20)12-17(26)23-14-7-8-15(21)16(22)11-14/h2-8,11H,9-10,12H2,1H3,(H,23,26)(H,24,28)/t20-/m1/s1. The Morgan fingerprint density at radius 1 is 1.11 bits per heavy atom. The number of carbonyl (C=O) groups is 3. The number of hydrogen-bond acceptors (Lipinski definition) is 3. The van der Waals surface area contributed by atoms with Gasteiger partial charge in [-0.2, -0.15) is 0 Å². The Kier molecular flexibility index (Phi) is 5.39. The molecule has 0 unspecified atom stereocenters. The lowest BCUT2D eigenvalue weighted by Gasteiger charge is -2.21. The zero-order valence-electron chi connectivity index (χ0n) is 15.2. The Morgan fingerprint density at radius 3 is 2.50 bits per heavy atom. The second-order valence-electron chi connectivity index (χ2n) is 6.82. The van der Waals surface area contributed by atoms with E-state index in [1.165, 1.54) is 6.07 Å². The van der Waals surface area contributed by atoms with Crippen LogP contribution in [0.3, 0.4) is 0 Å². The number of aryl methyl sites for hydroxylation is 1. The summed E-state index contributed by atoms with van der Waals surface area (Å²) in [6.07, 6.45) is 0.959. The molecule has 0 bridgehead atoms. The molecule has 1 atom stereocenters. The van der Waals surface area contributed by atoms with Gasteiger partial charge in [-0.15, -0.1) is 0 Å². The van der Waals surface area contributed by atoms with Gasteiger partial charge >= 0.3 is 6.03 Å². The number of benzene rings is 2. The lowest BCUT2D eigenvalue weighted by molar-refractivity contribution is -0.133. The molecule has 1 aliphatic heterocycles. The maximum Gasteiger partial charge on any atom is 0.325 e. The second-order valence-corrected chi connectivity index (χ2v) is 6.82. The average molecular weight is 387 g/mol. The lowest BCUT2D eigenvalue weighted by Crippen LogP contribution is -2.45. The number of hydrogen-bond donors (Lipinski definition) is 2. The van der Waals surface area contributed by atoms with E-state index in [4.69, 9.17) is 0 Å². The molecule has 1 saturated heterocycles. The zero-order valence-corrected chi connectivity index (χ0v) is 15.2. The van der Waals surface area contributed by atoms with E-state index in [0.717, 1.165) is 22.6 Å². The zero-order chi connectivity index (χ0) is 20.3. The van der Waals surface area contributed by atoms with E-state index in [1.807, 2.05) is 30.3 Å². The van der Waals surface area contributed by atoms with Crippen LogP contribution in [-0.4, -0.2) is 34.8 Å². The maximum absolute atomic E-state index is 13.2. The molecule has 2 aromatic carbocycles. The van der Waals surface area contributed by atoms with Crippen LogP contribution in [0, 0.1) is 11.6 Å². The van der Waals surface area contributed by atoms with Gasteiger partial charge in [-0.25, -0.2) is 13.6 Å². The molecular formula is C20H19F2N3O3. The third-order valence-corrected chi connectivity index (χ3v) is 4.61. The fraction of sp³-hybridized carbons (Fsp3) is 0.250. The van der Waals surface area contributed by atoms with Crippen LogP contribution in [0.2, 0.25) is 0 Å². The van der Waals surface area contributed by atoms with E-state index in [9.17, 15) is 23.2 Å². The molecule has 146 valence electrons. The molecule has 8 heteroatoms. The largest absolute Gasteiger partial charge is 0.325 e. The summed E-state index contributed by atoms with van der Waals surface area (Å²) in [5.74, 6) is -3.35. The molecule has 1 aliphatic rings. The summed E-state index contributed by atoms with van der Waals surface area (Å²) in [7, 11) is 0. The minimum absolute atomic E-state index is 0.0304. The number of nitrogens with one attached hydrogen (secondary N) is 2. The first-order valence-corrected chi connectivity index (χ1v) is 8.71. The van der Waals surface area contributed by atoms with Crippen molar-refractivity contribution in [3.05, 3.63) is 65.7 Å². The molecular weight excluding hydrogens is 368 g/mol. The normalized spacial score (nSPS) is 18.9. The summed E-state index contributed by atoms with van der Waals surface area (Å²) < 4.78 is 26.2. The van der Waals surface area contributed by atoms with Gasteiger partial charge in [0.2, 0.25) is 5.91 Å². The number of urea groups is 1. The van der Waals surface area contributed by atoms with E-state index in [2.05, 4.69) is 10.6 Å². The Balaban J connectivity index is 1.62. The van der Waals surface area contributed by atoms with Gasteiger partial charge in [-0.3, -0.25) is 14.5 Å². The first-order chi connectivity index (χ1) is 13.3. The van der Waals surface area contributed by atoms with Crippen LogP contribution >= 0.6 is 0 Å². The predicted octanol–water partition coefficient (Wildman–Crippen LogP) is 2.85. The van der Waals surface area contributed by atoms with Crippen LogP contribution < -0.4 is 10.6 Å². The van der Waals surface area contributed by atoms with Crippen molar-refractivity contribution in [2.24, 2.45) is 0 Å². The van der Waals surface area contributed by atoms with Crippen LogP contribution in [0.5, 0.6) is 0 Å². The first kappa shape index (κ1) is 19.5. The molecule has 6 nitrogen and oxygen atoms in total. The van der Waals surface area contributed by atoms with Crippen molar-refractivity contribution < 1.29 is 23.2 Å². The van der Waals surface area contributed by atoms with Gasteiger partial charge in [0.1, 0.15) is 12.1 Å². The van der Waals surface area contributed by atoms with E-state index < -0.39 is 41.6 Å². The molecule has 2 aromatic rings. The fourth-order valence-corrected chi connectivity index (χ4v) is 3.02. The summed E-state index contributed by atoms with van der Waals surface area (Å²) in [5, 5.41) is 4.98. The SMILES string of the molecule is C[C@]1(CCc2ccccc2)NC(=O)N(CC(=O)Nc2ccc(F)c(F)c2)C1=O. The van der Waals surface area contributed by atoms with Crippen molar-refractivity contribution in [1.29, 1.82) is 0 Å². The molecule has 0 aliphatic carbocycles.